The first kappa shape index (κ1) is 18.8. The van der Waals surface area contributed by atoms with Crippen LogP contribution in [0.3, 0.4) is 0 Å². The molecule has 2 heterocycles. The molecule has 27 heavy (non-hydrogen) atoms. The highest BCUT2D eigenvalue weighted by molar-refractivity contribution is 7.09. The zero-order chi connectivity index (χ0) is 19.2. The van der Waals surface area contributed by atoms with Gasteiger partial charge in [0.2, 0.25) is 5.91 Å². The number of thiazole rings is 1. The second-order valence-electron chi connectivity index (χ2n) is 5.99. The van der Waals surface area contributed by atoms with E-state index in [9.17, 15) is 9.59 Å². The first-order valence-electron chi connectivity index (χ1n) is 8.64. The van der Waals surface area contributed by atoms with Crippen molar-refractivity contribution in [3.63, 3.8) is 0 Å². The van der Waals surface area contributed by atoms with Crippen molar-refractivity contribution in [2.24, 2.45) is 0 Å². The Morgan fingerprint density at radius 3 is 2.85 bits per heavy atom. The quantitative estimate of drug-likeness (QED) is 0.656. The van der Waals surface area contributed by atoms with E-state index in [2.05, 4.69) is 20.7 Å². The number of aromatic nitrogens is 3. The number of nitrogens with one attached hydrogen (secondary N) is 2. The van der Waals surface area contributed by atoms with Crippen LogP contribution in [0.1, 0.15) is 34.8 Å². The van der Waals surface area contributed by atoms with Crippen molar-refractivity contribution >= 4 is 23.2 Å². The summed E-state index contributed by atoms with van der Waals surface area (Å²) in [5, 5.41) is 12.6. The smallest absolute Gasteiger partial charge is 0.251 e. The highest BCUT2D eigenvalue weighted by Crippen LogP contribution is 2.22. The number of rotatable bonds is 7. The second-order valence-corrected chi connectivity index (χ2v) is 6.91. The minimum atomic E-state index is -0.142. The molecule has 0 aliphatic heterocycles. The van der Waals surface area contributed by atoms with Crippen LogP contribution in [0, 0.1) is 0 Å². The number of likely N-dealkylation sites (N-methyl/N-ethyl adjacent to an activating group) is 1. The van der Waals surface area contributed by atoms with Crippen molar-refractivity contribution in [1.29, 1.82) is 0 Å². The first-order valence-corrected chi connectivity index (χ1v) is 9.52. The van der Waals surface area contributed by atoms with Crippen molar-refractivity contribution in [3.05, 3.63) is 58.8 Å². The highest BCUT2D eigenvalue weighted by atomic mass is 32.1. The molecule has 0 aliphatic carbocycles. The van der Waals surface area contributed by atoms with E-state index in [4.69, 9.17) is 0 Å². The monoisotopic (exact) mass is 383 g/mol. The number of carbonyl (C=O) groups excluding carboxylic acids is 2. The van der Waals surface area contributed by atoms with Crippen molar-refractivity contribution in [2.75, 3.05) is 7.05 Å². The van der Waals surface area contributed by atoms with Gasteiger partial charge in [0.1, 0.15) is 11.6 Å². The van der Waals surface area contributed by atoms with Gasteiger partial charge in [-0.05, 0) is 24.1 Å². The maximum atomic E-state index is 12.7. The predicted molar refractivity (Wildman–Crippen MR) is 104 cm³/mol. The fourth-order valence-corrected chi connectivity index (χ4v) is 3.42. The number of amides is 2. The zero-order valence-corrected chi connectivity index (χ0v) is 16.0. The Morgan fingerprint density at radius 1 is 1.30 bits per heavy atom. The minimum Gasteiger partial charge on any atom is -0.358 e. The molecule has 2 aromatic heterocycles. The number of hydrogen-bond donors (Lipinski definition) is 2. The second kappa shape index (κ2) is 8.59. The fourth-order valence-electron chi connectivity index (χ4n) is 2.65. The molecule has 1 atom stereocenters. The molecule has 7 nitrogen and oxygen atoms in total. The Hall–Kier alpha value is -3.00. The van der Waals surface area contributed by atoms with Crippen LogP contribution in [-0.4, -0.2) is 33.6 Å². The zero-order valence-electron chi connectivity index (χ0n) is 15.2. The Balaban J connectivity index is 1.75. The lowest BCUT2D eigenvalue weighted by Gasteiger charge is -2.14. The molecule has 0 radical (unpaired) electrons. The first-order chi connectivity index (χ1) is 13.1. The molecule has 0 unspecified atom stereocenters. The summed E-state index contributed by atoms with van der Waals surface area (Å²) in [7, 11) is 1.59. The van der Waals surface area contributed by atoms with Gasteiger partial charge in [0.25, 0.3) is 5.91 Å². The van der Waals surface area contributed by atoms with Gasteiger partial charge in [0.05, 0.1) is 12.2 Å². The summed E-state index contributed by atoms with van der Waals surface area (Å²) >= 11 is 1.53. The van der Waals surface area contributed by atoms with E-state index in [0.29, 0.717) is 5.56 Å². The number of carbonyl (C=O) groups is 2. The van der Waals surface area contributed by atoms with Crippen LogP contribution in [0.4, 0.5) is 0 Å². The molecule has 0 bridgehead atoms. The van der Waals surface area contributed by atoms with Crippen molar-refractivity contribution < 1.29 is 9.59 Å². The van der Waals surface area contributed by atoms with Gasteiger partial charge in [0, 0.05) is 35.9 Å². The summed E-state index contributed by atoms with van der Waals surface area (Å²) < 4.78 is 1.57. The van der Waals surface area contributed by atoms with Crippen LogP contribution in [0.2, 0.25) is 0 Å². The average Bonchev–Trinajstić information content (AvgIpc) is 3.38. The number of benzene rings is 1. The van der Waals surface area contributed by atoms with Gasteiger partial charge < -0.3 is 10.6 Å². The van der Waals surface area contributed by atoms with Gasteiger partial charge in [-0.1, -0.05) is 19.1 Å². The Kier molecular flexibility index (Phi) is 5.97. The third-order valence-corrected chi connectivity index (χ3v) is 5.03. The summed E-state index contributed by atoms with van der Waals surface area (Å²) in [6, 6.07) is 7.26. The molecule has 2 N–H and O–H groups in total. The topological polar surface area (TPSA) is 88.9 Å². The van der Waals surface area contributed by atoms with E-state index >= 15 is 0 Å². The lowest BCUT2D eigenvalue weighted by atomic mass is 10.1. The van der Waals surface area contributed by atoms with Gasteiger partial charge >= 0.3 is 0 Å². The maximum absolute atomic E-state index is 12.7. The molecule has 2 amide bonds. The van der Waals surface area contributed by atoms with Crippen LogP contribution in [-0.2, 0) is 11.3 Å². The third kappa shape index (κ3) is 4.59. The summed E-state index contributed by atoms with van der Waals surface area (Å²) in [5.74, 6) is -0.262. The van der Waals surface area contributed by atoms with Crippen molar-refractivity contribution in [3.8, 4) is 11.1 Å². The Bertz CT molecular complexity index is 920. The van der Waals surface area contributed by atoms with Crippen LogP contribution in [0.5, 0.6) is 0 Å². The molecule has 3 rings (SSSR count). The van der Waals surface area contributed by atoms with E-state index < -0.39 is 0 Å². The SMILES string of the molecule is CC[C@@H](NC(=O)c1cccc(-c2cnn(CC(=O)NC)c2)c1)c1nccs1. The van der Waals surface area contributed by atoms with Crippen LogP contribution >= 0.6 is 11.3 Å². The van der Waals surface area contributed by atoms with Gasteiger partial charge in [-0.15, -0.1) is 11.3 Å². The lowest BCUT2D eigenvalue weighted by Crippen LogP contribution is -2.28. The molecule has 0 saturated carbocycles. The molecule has 0 saturated heterocycles. The summed E-state index contributed by atoms with van der Waals surface area (Å²) in [6.45, 7) is 2.17. The molecular weight excluding hydrogens is 362 g/mol. The average molecular weight is 383 g/mol. The molecule has 0 aliphatic rings. The van der Waals surface area contributed by atoms with E-state index in [1.54, 1.807) is 36.4 Å². The Labute approximate surface area is 161 Å². The lowest BCUT2D eigenvalue weighted by molar-refractivity contribution is -0.121. The summed E-state index contributed by atoms with van der Waals surface area (Å²) in [5.41, 5.74) is 2.29. The van der Waals surface area contributed by atoms with Gasteiger partial charge in [-0.3, -0.25) is 14.3 Å². The predicted octanol–water partition coefficient (Wildman–Crippen LogP) is 2.63. The standard InChI is InChI=1S/C19H21N5O2S/c1-3-16(19-21-7-8-27-19)23-18(26)14-6-4-5-13(9-14)15-10-22-24(11-15)12-17(25)20-2/h4-11,16H,3,12H2,1-2H3,(H,20,25)(H,23,26)/t16-/m1/s1. The van der Waals surface area contributed by atoms with E-state index in [-0.39, 0.29) is 24.4 Å². The molecule has 0 spiro atoms. The van der Waals surface area contributed by atoms with Gasteiger partial charge in [0.15, 0.2) is 0 Å². The van der Waals surface area contributed by atoms with E-state index in [1.165, 1.54) is 11.3 Å². The van der Waals surface area contributed by atoms with Gasteiger partial charge in [-0.25, -0.2) is 4.98 Å². The molecular formula is C19H21N5O2S. The summed E-state index contributed by atoms with van der Waals surface area (Å²) in [6.07, 6.45) is 5.98. The molecule has 0 fully saturated rings. The minimum absolute atomic E-state index is 0.100. The van der Waals surface area contributed by atoms with Gasteiger partial charge in [-0.2, -0.15) is 5.10 Å². The largest absolute Gasteiger partial charge is 0.358 e. The maximum Gasteiger partial charge on any atom is 0.251 e. The highest BCUT2D eigenvalue weighted by Gasteiger charge is 2.16. The summed E-state index contributed by atoms with van der Waals surface area (Å²) in [4.78, 5) is 28.4. The van der Waals surface area contributed by atoms with E-state index in [0.717, 1.165) is 22.6 Å². The van der Waals surface area contributed by atoms with Crippen molar-refractivity contribution in [2.45, 2.75) is 25.9 Å². The van der Waals surface area contributed by atoms with Crippen LogP contribution < -0.4 is 10.6 Å². The molecule has 8 heteroatoms. The Morgan fingerprint density at radius 2 is 2.15 bits per heavy atom. The van der Waals surface area contributed by atoms with Crippen molar-refractivity contribution in [1.82, 2.24) is 25.4 Å². The van der Waals surface area contributed by atoms with E-state index in [1.807, 2.05) is 30.5 Å². The number of nitrogens with zero attached hydrogens (tertiary/aromatic N) is 3. The van der Waals surface area contributed by atoms with Crippen LogP contribution in [0.15, 0.2) is 48.2 Å². The fraction of sp³-hybridized carbons (Fsp3) is 0.263. The normalized spacial score (nSPS) is 11.8. The molecule has 140 valence electrons. The number of hydrogen-bond acceptors (Lipinski definition) is 5. The molecule has 3 aromatic rings. The third-order valence-electron chi connectivity index (χ3n) is 4.14. The molecule has 1 aromatic carbocycles. The van der Waals surface area contributed by atoms with Crippen LogP contribution in [0.25, 0.3) is 11.1 Å².